The molecule has 2 rings (SSSR count). The lowest BCUT2D eigenvalue weighted by atomic mass is 10.2. The van der Waals surface area contributed by atoms with E-state index in [4.69, 9.17) is 0 Å². The standard InChI is InChI=1S/C16H23N3S/c1-3-10-17-13(2)7-6-11-20-16-14-8-4-5-9-15(14)18-12-19-16/h4-5,8-9,12-13,17H,3,6-7,10-11H2,1-2H3. The van der Waals surface area contributed by atoms with Crippen LogP contribution in [0.3, 0.4) is 0 Å². The average Bonchev–Trinajstić information content (AvgIpc) is 2.49. The van der Waals surface area contributed by atoms with E-state index in [9.17, 15) is 0 Å². The lowest BCUT2D eigenvalue weighted by Crippen LogP contribution is -2.26. The van der Waals surface area contributed by atoms with Gasteiger partial charge >= 0.3 is 0 Å². The molecular weight excluding hydrogens is 266 g/mol. The van der Waals surface area contributed by atoms with E-state index < -0.39 is 0 Å². The van der Waals surface area contributed by atoms with E-state index in [-0.39, 0.29) is 0 Å². The number of nitrogens with one attached hydrogen (secondary N) is 1. The molecule has 1 aromatic carbocycles. The Morgan fingerprint density at radius 2 is 2.10 bits per heavy atom. The topological polar surface area (TPSA) is 37.8 Å². The molecule has 0 spiro atoms. The Morgan fingerprint density at radius 1 is 1.25 bits per heavy atom. The highest BCUT2D eigenvalue weighted by atomic mass is 32.2. The molecule has 0 fully saturated rings. The van der Waals surface area contributed by atoms with Crippen LogP contribution in [0.2, 0.25) is 0 Å². The van der Waals surface area contributed by atoms with Crippen LogP contribution in [0.4, 0.5) is 0 Å². The lowest BCUT2D eigenvalue weighted by Gasteiger charge is -2.12. The van der Waals surface area contributed by atoms with Gasteiger partial charge in [0.15, 0.2) is 0 Å². The van der Waals surface area contributed by atoms with Gasteiger partial charge in [0.1, 0.15) is 11.4 Å². The second-order valence-electron chi connectivity index (χ2n) is 5.04. The first-order chi connectivity index (χ1) is 9.81. The summed E-state index contributed by atoms with van der Waals surface area (Å²) in [4.78, 5) is 8.71. The van der Waals surface area contributed by atoms with Crippen molar-refractivity contribution in [3.8, 4) is 0 Å². The number of fused-ring (bicyclic) bond motifs is 1. The molecule has 1 atom stereocenters. The molecule has 0 bridgehead atoms. The van der Waals surface area contributed by atoms with Crippen molar-refractivity contribution in [2.24, 2.45) is 0 Å². The zero-order valence-electron chi connectivity index (χ0n) is 12.3. The van der Waals surface area contributed by atoms with Gasteiger partial charge in [0.2, 0.25) is 0 Å². The second-order valence-corrected chi connectivity index (χ2v) is 6.13. The third kappa shape index (κ3) is 4.46. The number of benzene rings is 1. The van der Waals surface area contributed by atoms with Crippen LogP contribution in [0.5, 0.6) is 0 Å². The van der Waals surface area contributed by atoms with Crippen LogP contribution >= 0.6 is 11.8 Å². The van der Waals surface area contributed by atoms with Crippen LogP contribution in [0.25, 0.3) is 10.9 Å². The van der Waals surface area contributed by atoms with Crippen LogP contribution in [0.15, 0.2) is 35.6 Å². The van der Waals surface area contributed by atoms with E-state index in [0.717, 1.165) is 28.2 Å². The van der Waals surface area contributed by atoms with Crippen molar-refractivity contribution in [2.45, 2.75) is 44.2 Å². The van der Waals surface area contributed by atoms with Crippen molar-refractivity contribution in [3.05, 3.63) is 30.6 Å². The summed E-state index contributed by atoms with van der Waals surface area (Å²) in [6.07, 6.45) is 5.29. The maximum atomic E-state index is 4.41. The number of hydrogen-bond donors (Lipinski definition) is 1. The summed E-state index contributed by atoms with van der Waals surface area (Å²) in [6, 6.07) is 8.82. The molecule has 0 saturated carbocycles. The molecule has 1 heterocycles. The van der Waals surface area contributed by atoms with Gasteiger partial charge in [-0.25, -0.2) is 9.97 Å². The summed E-state index contributed by atoms with van der Waals surface area (Å²) in [5.41, 5.74) is 1.03. The van der Waals surface area contributed by atoms with Gasteiger partial charge in [-0.15, -0.1) is 11.8 Å². The minimum Gasteiger partial charge on any atom is -0.314 e. The van der Waals surface area contributed by atoms with Crippen molar-refractivity contribution in [2.75, 3.05) is 12.3 Å². The Labute approximate surface area is 125 Å². The molecule has 0 aliphatic heterocycles. The Morgan fingerprint density at radius 3 is 2.95 bits per heavy atom. The van der Waals surface area contributed by atoms with Crippen molar-refractivity contribution < 1.29 is 0 Å². The molecule has 0 aliphatic rings. The highest BCUT2D eigenvalue weighted by Crippen LogP contribution is 2.24. The number of nitrogens with zero attached hydrogens (tertiary/aromatic N) is 2. The molecule has 3 nitrogen and oxygen atoms in total. The van der Waals surface area contributed by atoms with Gasteiger partial charge in [-0.1, -0.05) is 25.1 Å². The first-order valence-corrected chi connectivity index (χ1v) is 8.35. The quantitative estimate of drug-likeness (QED) is 0.454. The fraction of sp³-hybridized carbons (Fsp3) is 0.500. The van der Waals surface area contributed by atoms with Crippen molar-refractivity contribution in [1.29, 1.82) is 0 Å². The van der Waals surface area contributed by atoms with Gasteiger partial charge in [0, 0.05) is 11.4 Å². The monoisotopic (exact) mass is 289 g/mol. The van der Waals surface area contributed by atoms with Crippen LogP contribution in [-0.2, 0) is 0 Å². The maximum Gasteiger partial charge on any atom is 0.117 e. The molecule has 0 saturated heterocycles. The SMILES string of the molecule is CCCNC(C)CCCSc1ncnc2ccccc12. The van der Waals surface area contributed by atoms with E-state index in [1.54, 1.807) is 6.33 Å². The Kier molecular flexibility index (Phi) is 6.27. The summed E-state index contributed by atoms with van der Waals surface area (Å²) >= 11 is 1.84. The Hall–Kier alpha value is -1.13. The molecule has 108 valence electrons. The first-order valence-electron chi connectivity index (χ1n) is 7.37. The van der Waals surface area contributed by atoms with Gasteiger partial charge in [0.25, 0.3) is 0 Å². The molecular formula is C16H23N3S. The summed E-state index contributed by atoms with van der Waals surface area (Å²) in [6.45, 7) is 5.58. The fourth-order valence-electron chi connectivity index (χ4n) is 2.15. The molecule has 20 heavy (non-hydrogen) atoms. The minimum absolute atomic E-state index is 0.609. The van der Waals surface area contributed by atoms with Gasteiger partial charge in [-0.2, -0.15) is 0 Å². The smallest absolute Gasteiger partial charge is 0.117 e. The number of para-hydroxylation sites is 1. The van der Waals surface area contributed by atoms with Crippen LogP contribution in [0, 0.1) is 0 Å². The summed E-state index contributed by atoms with van der Waals surface area (Å²) in [7, 11) is 0. The molecule has 0 amide bonds. The largest absolute Gasteiger partial charge is 0.314 e. The molecule has 2 aromatic rings. The molecule has 1 unspecified atom stereocenters. The predicted octanol–water partition coefficient (Wildman–Crippen LogP) is 3.89. The summed E-state index contributed by atoms with van der Waals surface area (Å²) in [5, 5.41) is 5.79. The zero-order chi connectivity index (χ0) is 14.2. The van der Waals surface area contributed by atoms with Gasteiger partial charge in [0.05, 0.1) is 5.52 Å². The van der Waals surface area contributed by atoms with Crippen LogP contribution in [-0.4, -0.2) is 28.3 Å². The van der Waals surface area contributed by atoms with Crippen molar-refractivity contribution in [1.82, 2.24) is 15.3 Å². The normalized spacial score (nSPS) is 12.7. The Balaban J connectivity index is 1.81. The predicted molar refractivity (Wildman–Crippen MR) is 87.3 cm³/mol. The van der Waals surface area contributed by atoms with E-state index in [1.165, 1.54) is 19.3 Å². The molecule has 1 aromatic heterocycles. The Bertz CT molecular complexity index is 525. The van der Waals surface area contributed by atoms with E-state index >= 15 is 0 Å². The summed E-state index contributed by atoms with van der Waals surface area (Å²) < 4.78 is 0. The molecule has 1 N–H and O–H groups in total. The highest BCUT2D eigenvalue weighted by molar-refractivity contribution is 7.99. The van der Waals surface area contributed by atoms with Crippen LogP contribution < -0.4 is 5.32 Å². The van der Waals surface area contributed by atoms with Crippen LogP contribution in [0.1, 0.15) is 33.1 Å². The van der Waals surface area contributed by atoms with E-state index in [0.29, 0.717) is 6.04 Å². The number of rotatable bonds is 8. The van der Waals surface area contributed by atoms with Gasteiger partial charge in [-0.3, -0.25) is 0 Å². The third-order valence-corrected chi connectivity index (χ3v) is 4.36. The average molecular weight is 289 g/mol. The molecule has 0 aliphatic carbocycles. The lowest BCUT2D eigenvalue weighted by molar-refractivity contribution is 0.510. The maximum absolute atomic E-state index is 4.41. The fourth-order valence-corrected chi connectivity index (χ4v) is 3.10. The van der Waals surface area contributed by atoms with E-state index in [2.05, 4.69) is 35.2 Å². The molecule has 0 radical (unpaired) electrons. The minimum atomic E-state index is 0.609. The second kappa shape index (κ2) is 8.22. The van der Waals surface area contributed by atoms with Crippen molar-refractivity contribution >= 4 is 22.7 Å². The molecule has 4 heteroatoms. The van der Waals surface area contributed by atoms with Gasteiger partial charge in [-0.05, 0) is 44.6 Å². The number of aromatic nitrogens is 2. The van der Waals surface area contributed by atoms with Crippen molar-refractivity contribution in [3.63, 3.8) is 0 Å². The highest BCUT2D eigenvalue weighted by Gasteiger charge is 2.04. The summed E-state index contributed by atoms with van der Waals surface area (Å²) in [5.74, 6) is 1.11. The number of hydrogen-bond acceptors (Lipinski definition) is 4. The third-order valence-electron chi connectivity index (χ3n) is 3.27. The van der Waals surface area contributed by atoms with E-state index in [1.807, 2.05) is 30.0 Å². The number of thioether (sulfide) groups is 1. The zero-order valence-corrected chi connectivity index (χ0v) is 13.1. The first kappa shape index (κ1) is 15.3. The van der Waals surface area contributed by atoms with Gasteiger partial charge < -0.3 is 5.32 Å².